The van der Waals surface area contributed by atoms with Gasteiger partial charge in [-0.1, -0.05) is 17.3 Å². The Balaban J connectivity index is 1.28. The van der Waals surface area contributed by atoms with E-state index >= 15 is 0 Å². The molecule has 5 rings (SSSR count). The van der Waals surface area contributed by atoms with E-state index in [1.807, 2.05) is 37.6 Å². The van der Waals surface area contributed by atoms with Crippen LogP contribution in [0.5, 0.6) is 0 Å². The topological polar surface area (TPSA) is 75.9 Å². The number of amides is 1. The van der Waals surface area contributed by atoms with Gasteiger partial charge in [-0.2, -0.15) is 0 Å². The number of aromatic nitrogens is 4. The molecule has 0 radical (unpaired) electrons. The number of pyridine rings is 1. The maximum absolute atomic E-state index is 12.7. The van der Waals surface area contributed by atoms with Gasteiger partial charge in [0, 0.05) is 30.1 Å². The van der Waals surface area contributed by atoms with Gasteiger partial charge in [0.2, 0.25) is 5.91 Å². The predicted octanol–water partition coefficient (Wildman–Crippen LogP) is 3.09. The first kappa shape index (κ1) is 18.2. The molecule has 1 spiro atoms. The highest BCUT2D eigenvalue weighted by molar-refractivity contribution is 5.95. The molecule has 3 aromatic rings. The Morgan fingerprint density at radius 2 is 1.93 bits per heavy atom. The lowest BCUT2D eigenvalue weighted by atomic mass is 9.57. The summed E-state index contributed by atoms with van der Waals surface area (Å²) in [5.74, 6) is 0.830. The number of aryl methyl sites for hydroxylation is 1. The van der Waals surface area contributed by atoms with Gasteiger partial charge in [0.25, 0.3) is 0 Å². The van der Waals surface area contributed by atoms with Gasteiger partial charge in [-0.3, -0.25) is 9.48 Å². The molecular formula is C22H26N6O. The number of carbonyl (C=O) groups is 1. The Hall–Kier alpha value is -2.80. The van der Waals surface area contributed by atoms with E-state index in [4.69, 9.17) is 0 Å². The van der Waals surface area contributed by atoms with E-state index in [-0.39, 0.29) is 11.8 Å². The number of piperidine rings is 1. The first-order valence-corrected chi connectivity index (χ1v) is 10.3. The molecule has 1 N–H and O–H groups in total. The number of anilines is 1. The molecule has 2 aliphatic rings. The van der Waals surface area contributed by atoms with Crippen molar-refractivity contribution in [1.29, 1.82) is 0 Å². The molecule has 1 aromatic carbocycles. The fraction of sp³-hybridized carbons (Fsp3) is 0.455. The molecular weight excluding hydrogens is 364 g/mol. The van der Waals surface area contributed by atoms with E-state index in [0.717, 1.165) is 48.0 Å². The van der Waals surface area contributed by atoms with Crippen LogP contribution in [0.1, 0.15) is 25.7 Å². The van der Waals surface area contributed by atoms with Crippen molar-refractivity contribution in [2.75, 3.05) is 25.5 Å². The van der Waals surface area contributed by atoms with Crippen LogP contribution in [0.25, 0.3) is 22.0 Å². The van der Waals surface area contributed by atoms with Crippen molar-refractivity contribution in [3.05, 3.63) is 36.7 Å². The summed E-state index contributed by atoms with van der Waals surface area (Å²) in [4.78, 5) is 19.5. The Bertz CT molecular complexity index is 1060. The monoisotopic (exact) mass is 390 g/mol. The molecule has 3 heterocycles. The van der Waals surface area contributed by atoms with Gasteiger partial charge in [0.05, 0.1) is 6.20 Å². The Labute approximate surface area is 170 Å². The summed E-state index contributed by atoms with van der Waals surface area (Å²) in [5, 5.41) is 13.3. The van der Waals surface area contributed by atoms with Gasteiger partial charge in [0.15, 0.2) is 0 Å². The fourth-order valence-corrected chi connectivity index (χ4v) is 4.75. The summed E-state index contributed by atoms with van der Waals surface area (Å²) < 4.78 is 1.69. The molecule has 2 fully saturated rings. The summed E-state index contributed by atoms with van der Waals surface area (Å²) in [6.45, 7) is 2.30. The van der Waals surface area contributed by atoms with Crippen molar-refractivity contribution >= 4 is 22.5 Å². The predicted molar refractivity (Wildman–Crippen MR) is 112 cm³/mol. The van der Waals surface area contributed by atoms with Crippen LogP contribution in [-0.4, -0.2) is 50.9 Å². The largest absolute Gasteiger partial charge is 0.310 e. The maximum Gasteiger partial charge on any atom is 0.228 e. The third-order valence-electron chi connectivity index (χ3n) is 6.65. The zero-order chi connectivity index (χ0) is 20.0. The van der Waals surface area contributed by atoms with Gasteiger partial charge in [0.1, 0.15) is 11.5 Å². The number of benzene rings is 1. The molecule has 0 atom stereocenters. The number of hydrogen-bond donors (Lipinski definition) is 1. The second kappa shape index (κ2) is 6.91. The van der Waals surface area contributed by atoms with Crippen LogP contribution in [-0.2, 0) is 11.8 Å². The molecule has 0 bridgehead atoms. The zero-order valence-corrected chi connectivity index (χ0v) is 16.9. The highest BCUT2D eigenvalue weighted by Gasteiger charge is 2.48. The van der Waals surface area contributed by atoms with Gasteiger partial charge in [-0.15, -0.1) is 5.10 Å². The smallest absolute Gasteiger partial charge is 0.228 e. The molecule has 7 nitrogen and oxygen atoms in total. The van der Waals surface area contributed by atoms with Crippen LogP contribution in [0.3, 0.4) is 0 Å². The number of carbonyl (C=O) groups excluding carboxylic acids is 1. The number of likely N-dealkylation sites (tertiary alicyclic amines) is 1. The zero-order valence-electron chi connectivity index (χ0n) is 16.9. The van der Waals surface area contributed by atoms with Gasteiger partial charge in [-0.25, -0.2) is 4.98 Å². The van der Waals surface area contributed by atoms with E-state index in [9.17, 15) is 4.79 Å². The fourth-order valence-electron chi connectivity index (χ4n) is 4.75. The number of hydrogen-bond acceptors (Lipinski definition) is 5. The summed E-state index contributed by atoms with van der Waals surface area (Å²) in [6, 6.07) is 8.04. The molecule has 1 aliphatic carbocycles. The number of nitrogens with zero attached hydrogens (tertiary/aromatic N) is 5. The number of rotatable bonds is 3. The molecule has 1 saturated carbocycles. The first-order valence-electron chi connectivity index (χ1n) is 10.3. The number of fused-ring (bicyclic) bond motifs is 1. The van der Waals surface area contributed by atoms with Crippen LogP contribution >= 0.6 is 0 Å². The van der Waals surface area contributed by atoms with E-state index < -0.39 is 0 Å². The summed E-state index contributed by atoms with van der Waals surface area (Å²) in [6.07, 6.45) is 8.15. The normalized spacial score (nSPS) is 19.4. The minimum absolute atomic E-state index is 0.103. The van der Waals surface area contributed by atoms with Crippen molar-refractivity contribution in [2.24, 2.45) is 18.4 Å². The Morgan fingerprint density at radius 1 is 1.14 bits per heavy atom. The summed E-state index contributed by atoms with van der Waals surface area (Å²) in [7, 11) is 4.03. The molecule has 29 heavy (non-hydrogen) atoms. The minimum Gasteiger partial charge on any atom is -0.310 e. The molecule has 1 saturated heterocycles. The van der Waals surface area contributed by atoms with E-state index in [2.05, 4.69) is 38.6 Å². The average Bonchev–Trinajstić information content (AvgIpc) is 3.13. The molecule has 150 valence electrons. The lowest BCUT2D eigenvalue weighted by Crippen LogP contribution is -2.49. The number of nitrogens with one attached hydrogen (secondary N) is 1. The van der Waals surface area contributed by atoms with E-state index in [1.165, 1.54) is 12.8 Å². The van der Waals surface area contributed by atoms with Crippen LogP contribution in [0.15, 0.2) is 36.7 Å². The summed E-state index contributed by atoms with van der Waals surface area (Å²) >= 11 is 0. The summed E-state index contributed by atoms with van der Waals surface area (Å²) in [5.41, 5.74) is 2.23. The van der Waals surface area contributed by atoms with Gasteiger partial charge < -0.3 is 10.2 Å². The Kier molecular flexibility index (Phi) is 4.35. The van der Waals surface area contributed by atoms with Crippen LogP contribution in [0.4, 0.5) is 5.82 Å². The highest BCUT2D eigenvalue weighted by Crippen LogP contribution is 2.52. The van der Waals surface area contributed by atoms with Crippen LogP contribution in [0, 0.1) is 11.3 Å². The van der Waals surface area contributed by atoms with Crippen molar-refractivity contribution in [1.82, 2.24) is 24.9 Å². The van der Waals surface area contributed by atoms with Crippen molar-refractivity contribution in [2.45, 2.75) is 25.7 Å². The molecule has 0 unspecified atom stereocenters. The second-order valence-corrected chi connectivity index (χ2v) is 8.81. The van der Waals surface area contributed by atoms with Crippen molar-refractivity contribution < 1.29 is 4.79 Å². The average molecular weight is 390 g/mol. The SMILES string of the molecule is CN1CCC2(CC1)CC(C(=O)Nc1cc3cc(-c4cn(C)nn4)ccc3cn1)C2. The third kappa shape index (κ3) is 3.51. The van der Waals surface area contributed by atoms with E-state index in [1.54, 1.807) is 4.68 Å². The van der Waals surface area contributed by atoms with Crippen molar-refractivity contribution in [3.8, 4) is 11.3 Å². The minimum atomic E-state index is 0.103. The van der Waals surface area contributed by atoms with Gasteiger partial charge >= 0.3 is 0 Å². The van der Waals surface area contributed by atoms with Gasteiger partial charge in [-0.05, 0) is 68.8 Å². The van der Waals surface area contributed by atoms with Crippen LogP contribution in [0.2, 0.25) is 0 Å². The molecule has 1 aliphatic heterocycles. The first-order chi connectivity index (χ1) is 14.0. The quantitative estimate of drug-likeness (QED) is 0.744. The van der Waals surface area contributed by atoms with Crippen molar-refractivity contribution in [3.63, 3.8) is 0 Å². The van der Waals surface area contributed by atoms with E-state index in [0.29, 0.717) is 11.2 Å². The lowest BCUT2D eigenvalue weighted by molar-refractivity contribution is -0.129. The molecule has 7 heteroatoms. The Morgan fingerprint density at radius 3 is 2.66 bits per heavy atom. The highest BCUT2D eigenvalue weighted by atomic mass is 16.2. The molecule has 1 amide bonds. The third-order valence-corrected chi connectivity index (χ3v) is 6.65. The van der Waals surface area contributed by atoms with Crippen LogP contribution < -0.4 is 5.32 Å². The maximum atomic E-state index is 12.7. The standard InChI is InChI=1S/C22H26N6O/c1-27-7-5-22(6-8-27)11-18(12-22)21(29)24-20-10-17-9-15(3-4-16(17)13-23-20)19-14-28(2)26-25-19/h3-4,9-10,13-14,18H,5-8,11-12H2,1-2H3,(H,23,24,29). The second-order valence-electron chi connectivity index (χ2n) is 8.81. The lowest BCUT2D eigenvalue weighted by Gasteiger charge is -2.51. The molecule has 2 aromatic heterocycles.